The average molecular weight is 395 g/mol. The highest BCUT2D eigenvalue weighted by Gasteiger charge is 2.15. The molecule has 2 rings (SSSR count). The normalized spacial score (nSPS) is 12.3. The van der Waals surface area contributed by atoms with Crippen molar-refractivity contribution in [2.24, 2.45) is 0 Å². The van der Waals surface area contributed by atoms with E-state index in [2.05, 4.69) is 26.2 Å². The first-order chi connectivity index (χ1) is 9.40. The second-order valence-corrected chi connectivity index (χ2v) is 6.37. The van der Waals surface area contributed by atoms with Gasteiger partial charge in [-0.2, -0.15) is 0 Å². The SMILES string of the molecule is Cc1nc(Br)ccc1NC(C)c1ccc(Cl)c(Cl)c1Cl. The highest BCUT2D eigenvalue weighted by molar-refractivity contribution is 9.10. The molecule has 0 saturated carbocycles. The first kappa shape index (κ1) is 15.9. The van der Waals surface area contributed by atoms with Gasteiger partial charge >= 0.3 is 0 Å². The van der Waals surface area contributed by atoms with Crippen LogP contribution in [0, 0.1) is 6.92 Å². The third-order valence-electron chi connectivity index (χ3n) is 2.96. The third-order valence-corrected chi connectivity index (χ3v) is 4.71. The van der Waals surface area contributed by atoms with Gasteiger partial charge in [-0.05, 0) is 53.5 Å². The van der Waals surface area contributed by atoms with Crippen LogP contribution in [0.25, 0.3) is 0 Å². The molecule has 0 spiro atoms. The Bertz CT molecular complexity index is 647. The fourth-order valence-corrected chi connectivity index (χ4v) is 2.97. The Balaban J connectivity index is 2.28. The number of anilines is 1. The van der Waals surface area contributed by atoms with Crippen LogP contribution in [-0.2, 0) is 0 Å². The maximum Gasteiger partial charge on any atom is 0.106 e. The summed E-state index contributed by atoms with van der Waals surface area (Å²) in [5.74, 6) is 0. The van der Waals surface area contributed by atoms with Gasteiger partial charge in [0.05, 0.1) is 32.5 Å². The molecular formula is C14H12BrCl3N2. The summed E-state index contributed by atoms with van der Waals surface area (Å²) in [5, 5.41) is 4.68. The summed E-state index contributed by atoms with van der Waals surface area (Å²) in [6, 6.07) is 7.46. The lowest BCUT2D eigenvalue weighted by molar-refractivity contribution is 0.879. The van der Waals surface area contributed by atoms with Gasteiger partial charge in [0.15, 0.2) is 0 Å². The Labute approximate surface area is 141 Å². The Morgan fingerprint density at radius 3 is 2.45 bits per heavy atom. The molecule has 0 radical (unpaired) electrons. The summed E-state index contributed by atoms with van der Waals surface area (Å²) < 4.78 is 0.806. The predicted molar refractivity (Wildman–Crippen MR) is 90.2 cm³/mol. The van der Waals surface area contributed by atoms with Crippen LogP contribution in [0.5, 0.6) is 0 Å². The monoisotopic (exact) mass is 392 g/mol. The van der Waals surface area contributed by atoms with Gasteiger partial charge in [0.25, 0.3) is 0 Å². The number of pyridine rings is 1. The minimum absolute atomic E-state index is 0.0149. The zero-order valence-corrected chi connectivity index (χ0v) is 14.7. The number of aromatic nitrogens is 1. The van der Waals surface area contributed by atoms with E-state index in [1.165, 1.54) is 0 Å². The van der Waals surface area contributed by atoms with Crippen LogP contribution in [0.1, 0.15) is 24.2 Å². The van der Waals surface area contributed by atoms with E-state index in [1.807, 2.05) is 32.0 Å². The van der Waals surface area contributed by atoms with Crippen LogP contribution < -0.4 is 5.32 Å². The third kappa shape index (κ3) is 3.40. The summed E-state index contributed by atoms with van der Waals surface area (Å²) in [4.78, 5) is 4.35. The number of hydrogen-bond acceptors (Lipinski definition) is 2. The fourth-order valence-electron chi connectivity index (χ4n) is 1.87. The van der Waals surface area contributed by atoms with Crippen LogP contribution in [0.2, 0.25) is 15.1 Å². The van der Waals surface area contributed by atoms with E-state index >= 15 is 0 Å². The molecule has 0 fully saturated rings. The summed E-state index contributed by atoms with van der Waals surface area (Å²) >= 11 is 21.6. The van der Waals surface area contributed by atoms with Gasteiger partial charge in [0.2, 0.25) is 0 Å². The molecule has 1 aromatic heterocycles. The second kappa shape index (κ2) is 6.52. The van der Waals surface area contributed by atoms with E-state index in [0.29, 0.717) is 15.1 Å². The standard InChI is InChI=1S/C14H12BrCl3N2/c1-7(9-3-4-10(16)14(18)13(9)17)19-11-5-6-12(15)20-8(11)2/h3-7,19H,1-2H3. The Kier molecular flexibility index (Phi) is 5.19. The van der Waals surface area contributed by atoms with Crippen molar-refractivity contribution in [2.75, 3.05) is 5.32 Å². The van der Waals surface area contributed by atoms with Crippen LogP contribution >= 0.6 is 50.7 Å². The Morgan fingerprint density at radius 1 is 1.10 bits per heavy atom. The Hall–Kier alpha value is -0.480. The molecule has 1 atom stereocenters. The van der Waals surface area contributed by atoms with Crippen LogP contribution in [0.4, 0.5) is 5.69 Å². The molecular weight excluding hydrogens is 382 g/mol. The van der Waals surface area contributed by atoms with Gasteiger partial charge in [-0.1, -0.05) is 40.9 Å². The van der Waals surface area contributed by atoms with Gasteiger partial charge in [-0.15, -0.1) is 0 Å². The Morgan fingerprint density at radius 2 is 1.80 bits per heavy atom. The van der Waals surface area contributed by atoms with Crippen molar-refractivity contribution in [3.8, 4) is 0 Å². The lowest BCUT2D eigenvalue weighted by Crippen LogP contribution is -2.09. The number of halogens is 4. The molecule has 1 heterocycles. The van der Waals surface area contributed by atoms with Crippen LogP contribution in [0.15, 0.2) is 28.9 Å². The lowest BCUT2D eigenvalue weighted by Gasteiger charge is -2.19. The van der Waals surface area contributed by atoms with Crippen molar-refractivity contribution in [3.05, 3.63) is 55.2 Å². The number of hydrogen-bond donors (Lipinski definition) is 1. The van der Waals surface area contributed by atoms with E-state index in [4.69, 9.17) is 34.8 Å². The van der Waals surface area contributed by atoms with Crippen molar-refractivity contribution in [2.45, 2.75) is 19.9 Å². The number of rotatable bonds is 3. The van der Waals surface area contributed by atoms with Crippen molar-refractivity contribution in [1.29, 1.82) is 0 Å². The van der Waals surface area contributed by atoms with Crippen LogP contribution in [0.3, 0.4) is 0 Å². The van der Waals surface area contributed by atoms with E-state index in [0.717, 1.165) is 21.5 Å². The van der Waals surface area contributed by atoms with E-state index < -0.39 is 0 Å². The number of benzene rings is 1. The minimum Gasteiger partial charge on any atom is -0.377 e. The molecule has 1 aromatic carbocycles. The molecule has 20 heavy (non-hydrogen) atoms. The quantitative estimate of drug-likeness (QED) is 0.489. The highest BCUT2D eigenvalue weighted by atomic mass is 79.9. The molecule has 2 nitrogen and oxygen atoms in total. The maximum absolute atomic E-state index is 6.25. The van der Waals surface area contributed by atoms with Gasteiger partial charge < -0.3 is 5.32 Å². The molecule has 0 aliphatic carbocycles. The topological polar surface area (TPSA) is 24.9 Å². The first-order valence-electron chi connectivity index (χ1n) is 5.93. The van der Waals surface area contributed by atoms with Gasteiger partial charge in [-0.3, -0.25) is 0 Å². The van der Waals surface area contributed by atoms with Crippen molar-refractivity contribution in [1.82, 2.24) is 4.98 Å². The smallest absolute Gasteiger partial charge is 0.106 e. The molecule has 106 valence electrons. The van der Waals surface area contributed by atoms with Crippen LogP contribution in [-0.4, -0.2) is 4.98 Å². The highest BCUT2D eigenvalue weighted by Crippen LogP contribution is 2.36. The summed E-state index contributed by atoms with van der Waals surface area (Å²) in [6.07, 6.45) is 0. The molecule has 0 saturated heterocycles. The summed E-state index contributed by atoms with van der Waals surface area (Å²) in [5.41, 5.74) is 2.74. The van der Waals surface area contributed by atoms with E-state index in [-0.39, 0.29) is 6.04 Å². The van der Waals surface area contributed by atoms with Crippen molar-refractivity contribution in [3.63, 3.8) is 0 Å². The number of aryl methyl sites for hydroxylation is 1. The summed E-state index contributed by atoms with van der Waals surface area (Å²) in [7, 11) is 0. The molecule has 1 unspecified atom stereocenters. The van der Waals surface area contributed by atoms with E-state index in [9.17, 15) is 0 Å². The molecule has 0 amide bonds. The molecule has 0 aliphatic rings. The van der Waals surface area contributed by atoms with Crippen molar-refractivity contribution >= 4 is 56.4 Å². The number of nitrogens with zero attached hydrogens (tertiary/aromatic N) is 1. The lowest BCUT2D eigenvalue weighted by atomic mass is 10.1. The molecule has 1 N–H and O–H groups in total. The summed E-state index contributed by atoms with van der Waals surface area (Å²) in [6.45, 7) is 3.95. The minimum atomic E-state index is -0.0149. The van der Waals surface area contributed by atoms with Gasteiger partial charge in [-0.25, -0.2) is 4.98 Å². The van der Waals surface area contributed by atoms with Gasteiger partial charge in [0, 0.05) is 0 Å². The molecule has 0 bridgehead atoms. The average Bonchev–Trinajstić information content (AvgIpc) is 2.39. The predicted octanol–water partition coefficient (Wildman–Crippen LogP) is 6.29. The second-order valence-electron chi connectivity index (χ2n) is 4.40. The number of nitrogens with one attached hydrogen (secondary N) is 1. The molecule has 6 heteroatoms. The molecule has 0 aliphatic heterocycles. The maximum atomic E-state index is 6.25. The zero-order valence-electron chi connectivity index (χ0n) is 10.8. The van der Waals surface area contributed by atoms with Gasteiger partial charge in [0.1, 0.15) is 4.60 Å². The molecule has 2 aromatic rings. The van der Waals surface area contributed by atoms with Crippen molar-refractivity contribution < 1.29 is 0 Å². The zero-order chi connectivity index (χ0) is 14.9. The fraction of sp³-hybridized carbons (Fsp3) is 0.214. The largest absolute Gasteiger partial charge is 0.377 e. The van der Waals surface area contributed by atoms with E-state index in [1.54, 1.807) is 6.07 Å². The first-order valence-corrected chi connectivity index (χ1v) is 7.86.